The molecule has 1 atom stereocenters. The molecular weight excluding hydrogens is 496 g/mol. The maximum Gasteiger partial charge on any atom is 0.295 e. The quantitative estimate of drug-likeness (QED) is 0.350. The van der Waals surface area contributed by atoms with Crippen molar-refractivity contribution in [2.24, 2.45) is 7.05 Å². The second kappa shape index (κ2) is 10.5. The number of carbonyl (C=O) groups is 1. The average Bonchev–Trinajstić information content (AvgIpc) is 3.66. The molecular formula is C25H28N6O3S2. The van der Waals surface area contributed by atoms with Crippen molar-refractivity contribution in [1.82, 2.24) is 24.1 Å². The first-order valence-corrected chi connectivity index (χ1v) is 13.7. The van der Waals surface area contributed by atoms with E-state index in [-0.39, 0.29) is 29.0 Å². The predicted molar refractivity (Wildman–Crippen MR) is 142 cm³/mol. The number of nitrogens with zero attached hydrogens (tertiary/aromatic N) is 5. The van der Waals surface area contributed by atoms with Gasteiger partial charge in [0.2, 0.25) is 5.91 Å². The number of carbonyl (C=O) groups excluding carboxylic acids is 1. The number of para-hydroxylation sites is 1. The van der Waals surface area contributed by atoms with Gasteiger partial charge in [-0.2, -0.15) is 0 Å². The fraction of sp³-hybridized carbons (Fsp3) is 0.360. The zero-order chi connectivity index (χ0) is 25.2. The van der Waals surface area contributed by atoms with Crippen LogP contribution in [-0.4, -0.2) is 48.5 Å². The molecule has 188 valence electrons. The summed E-state index contributed by atoms with van der Waals surface area (Å²) in [4.78, 5) is 27.2. The monoisotopic (exact) mass is 524 g/mol. The number of thiophene rings is 1. The third-order valence-electron chi connectivity index (χ3n) is 6.27. The maximum atomic E-state index is 13.1. The fourth-order valence-electron chi connectivity index (χ4n) is 4.34. The van der Waals surface area contributed by atoms with Gasteiger partial charge in [0, 0.05) is 29.5 Å². The van der Waals surface area contributed by atoms with Crippen LogP contribution in [0.15, 0.2) is 51.7 Å². The van der Waals surface area contributed by atoms with Crippen LogP contribution < -0.4 is 10.9 Å². The van der Waals surface area contributed by atoms with Gasteiger partial charge in [0.1, 0.15) is 5.69 Å². The van der Waals surface area contributed by atoms with Crippen LogP contribution in [0, 0.1) is 13.8 Å². The Balaban J connectivity index is 1.34. The van der Waals surface area contributed by atoms with Crippen molar-refractivity contribution in [1.29, 1.82) is 0 Å². The number of thioether (sulfide) groups is 1. The van der Waals surface area contributed by atoms with Gasteiger partial charge in [0.25, 0.3) is 5.56 Å². The van der Waals surface area contributed by atoms with E-state index in [2.05, 4.69) is 33.9 Å². The van der Waals surface area contributed by atoms with E-state index in [0.29, 0.717) is 17.4 Å². The average molecular weight is 525 g/mol. The van der Waals surface area contributed by atoms with Crippen molar-refractivity contribution >= 4 is 34.7 Å². The molecule has 1 N–H and O–H groups in total. The Bertz CT molecular complexity index is 1430. The Hall–Kier alpha value is -3.15. The number of hydrogen-bond acceptors (Lipinski definition) is 7. The van der Waals surface area contributed by atoms with Gasteiger partial charge >= 0.3 is 0 Å². The number of rotatable bonds is 8. The number of ether oxygens (including phenoxy) is 1. The highest BCUT2D eigenvalue weighted by molar-refractivity contribution is 7.99. The van der Waals surface area contributed by atoms with Gasteiger partial charge in [-0.05, 0) is 44.9 Å². The second-order valence-corrected chi connectivity index (χ2v) is 10.8. The maximum absolute atomic E-state index is 13.1. The molecule has 0 spiro atoms. The number of aryl methyl sites for hydroxylation is 1. The summed E-state index contributed by atoms with van der Waals surface area (Å²) in [7, 11) is 1.80. The number of hydrogen-bond donors (Lipinski definition) is 1. The Morgan fingerprint density at radius 1 is 1.25 bits per heavy atom. The number of amides is 1. The largest absolute Gasteiger partial charge is 0.376 e. The van der Waals surface area contributed by atoms with Crippen LogP contribution in [0.2, 0.25) is 0 Å². The summed E-state index contributed by atoms with van der Waals surface area (Å²) in [5, 5.41) is 14.4. The Morgan fingerprint density at radius 2 is 2.06 bits per heavy atom. The van der Waals surface area contributed by atoms with Crippen LogP contribution in [0.3, 0.4) is 0 Å². The van der Waals surface area contributed by atoms with Gasteiger partial charge in [-0.1, -0.05) is 30.0 Å². The molecule has 11 heteroatoms. The van der Waals surface area contributed by atoms with Crippen LogP contribution in [-0.2, 0) is 23.1 Å². The van der Waals surface area contributed by atoms with E-state index in [9.17, 15) is 9.59 Å². The van der Waals surface area contributed by atoms with Crippen molar-refractivity contribution < 1.29 is 9.53 Å². The summed E-state index contributed by atoms with van der Waals surface area (Å²) in [5.41, 5.74) is 2.44. The normalized spacial score (nSPS) is 15.5. The Morgan fingerprint density at radius 3 is 2.75 bits per heavy atom. The molecule has 1 aromatic carbocycles. The first kappa shape index (κ1) is 24.5. The minimum atomic E-state index is -0.273. The summed E-state index contributed by atoms with van der Waals surface area (Å²) in [6, 6.07) is 11.4. The third-order valence-corrected chi connectivity index (χ3v) is 8.09. The van der Waals surface area contributed by atoms with E-state index in [4.69, 9.17) is 4.74 Å². The van der Waals surface area contributed by atoms with Crippen LogP contribution in [0.1, 0.15) is 23.4 Å². The van der Waals surface area contributed by atoms with Crippen molar-refractivity contribution in [2.45, 2.75) is 44.5 Å². The third kappa shape index (κ3) is 4.91. The molecule has 9 nitrogen and oxygen atoms in total. The van der Waals surface area contributed by atoms with Gasteiger partial charge in [-0.25, -0.2) is 4.68 Å². The summed E-state index contributed by atoms with van der Waals surface area (Å²) in [6.07, 6.45) is 2.14. The minimum absolute atomic E-state index is 0.103. The summed E-state index contributed by atoms with van der Waals surface area (Å²) >= 11 is 2.98. The molecule has 0 aliphatic carbocycles. The van der Waals surface area contributed by atoms with Gasteiger partial charge in [0.05, 0.1) is 29.8 Å². The van der Waals surface area contributed by atoms with E-state index in [1.807, 2.05) is 41.8 Å². The topological polar surface area (TPSA) is 96.0 Å². The highest BCUT2D eigenvalue weighted by Crippen LogP contribution is 2.29. The fourth-order valence-corrected chi connectivity index (χ4v) is 5.77. The smallest absolute Gasteiger partial charge is 0.295 e. The summed E-state index contributed by atoms with van der Waals surface area (Å²) in [5.74, 6) is 0.610. The highest BCUT2D eigenvalue weighted by Gasteiger charge is 2.23. The first-order chi connectivity index (χ1) is 17.4. The second-order valence-electron chi connectivity index (χ2n) is 8.77. The van der Waals surface area contributed by atoms with Crippen LogP contribution in [0.5, 0.6) is 0 Å². The van der Waals surface area contributed by atoms with Crippen molar-refractivity contribution in [3.8, 4) is 17.1 Å². The molecule has 1 fully saturated rings. The molecule has 5 rings (SSSR count). The predicted octanol–water partition coefficient (Wildman–Crippen LogP) is 4.02. The zero-order valence-corrected chi connectivity index (χ0v) is 22.1. The molecule has 1 unspecified atom stereocenters. The SMILES string of the molecule is Cc1cc(-c2nnc(SCC(=O)Nc3c(C)n(C)n(-c4ccccc4)c3=O)n2CC2CCCO2)cs1. The standard InChI is InChI=1S/C25H28N6O3S2/c1-16-12-18(14-35-16)23-27-28-25(30(23)13-20-10-7-11-34-20)36-15-21(32)26-22-17(2)29(3)31(24(22)33)19-8-5-4-6-9-19/h4-6,8-9,12,14,20H,7,10-11,13,15H2,1-3H3,(H,26,32). The molecule has 3 aromatic heterocycles. The molecule has 1 amide bonds. The molecule has 1 aliphatic rings. The summed E-state index contributed by atoms with van der Waals surface area (Å²) in [6.45, 7) is 5.28. The minimum Gasteiger partial charge on any atom is -0.376 e. The Kier molecular flexibility index (Phi) is 7.13. The molecule has 0 bridgehead atoms. The first-order valence-electron chi connectivity index (χ1n) is 11.8. The van der Waals surface area contributed by atoms with E-state index in [1.165, 1.54) is 16.6 Å². The molecule has 1 saturated heterocycles. The van der Waals surface area contributed by atoms with Gasteiger partial charge in [-0.15, -0.1) is 21.5 Å². The highest BCUT2D eigenvalue weighted by atomic mass is 32.2. The van der Waals surface area contributed by atoms with Gasteiger partial charge in [0.15, 0.2) is 11.0 Å². The molecule has 4 aromatic rings. The Labute approximate surface area is 217 Å². The van der Waals surface area contributed by atoms with Crippen LogP contribution in [0.25, 0.3) is 17.1 Å². The van der Waals surface area contributed by atoms with E-state index < -0.39 is 0 Å². The van der Waals surface area contributed by atoms with E-state index in [0.717, 1.165) is 36.5 Å². The lowest BCUT2D eigenvalue weighted by molar-refractivity contribution is -0.113. The molecule has 0 radical (unpaired) electrons. The van der Waals surface area contributed by atoms with Crippen molar-refractivity contribution in [2.75, 3.05) is 17.7 Å². The van der Waals surface area contributed by atoms with Crippen LogP contribution in [0.4, 0.5) is 5.69 Å². The van der Waals surface area contributed by atoms with Crippen LogP contribution >= 0.6 is 23.1 Å². The number of anilines is 1. The van der Waals surface area contributed by atoms with Gasteiger partial charge < -0.3 is 10.1 Å². The lowest BCUT2D eigenvalue weighted by atomic mass is 10.2. The number of aromatic nitrogens is 5. The zero-order valence-electron chi connectivity index (χ0n) is 20.4. The lowest BCUT2D eigenvalue weighted by Crippen LogP contribution is -2.23. The van der Waals surface area contributed by atoms with E-state index >= 15 is 0 Å². The molecule has 4 heterocycles. The molecule has 36 heavy (non-hydrogen) atoms. The number of nitrogens with one attached hydrogen (secondary N) is 1. The van der Waals surface area contributed by atoms with E-state index in [1.54, 1.807) is 27.7 Å². The lowest BCUT2D eigenvalue weighted by Gasteiger charge is -2.14. The van der Waals surface area contributed by atoms with Crippen molar-refractivity contribution in [3.63, 3.8) is 0 Å². The molecule has 0 saturated carbocycles. The molecule has 1 aliphatic heterocycles. The number of benzene rings is 1. The van der Waals surface area contributed by atoms with Gasteiger partial charge in [-0.3, -0.25) is 18.8 Å². The van der Waals surface area contributed by atoms with Crippen molar-refractivity contribution in [3.05, 3.63) is 62.7 Å². The summed E-state index contributed by atoms with van der Waals surface area (Å²) < 4.78 is 11.2.